The Labute approximate surface area is 66.4 Å². The Morgan fingerprint density at radius 2 is 2.00 bits per heavy atom. The fourth-order valence-corrected chi connectivity index (χ4v) is 2.94. The van der Waals surface area contributed by atoms with Crippen LogP contribution in [-0.2, 0) is 11.2 Å². The minimum atomic E-state index is -0.464. The Morgan fingerprint density at radius 1 is 1.40 bits per heavy atom. The molecule has 1 aliphatic heterocycles. The van der Waals surface area contributed by atoms with Gasteiger partial charge in [0.2, 0.25) is 0 Å². The molecule has 10 heavy (non-hydrogen) atoms. The van der Waals surface area contributed by atoms with Crippen LogP contribution in [0.2, 0.25) is 0 Å². The van der Waals surface area contributed by atoms with Crippen LogP contribution in [0.4, 0.5) is 0 Å². The maximum absolute atomic E-state index is 10.9. The van der Waals surface area contributed by atoms with E-state index < -0.39 is 11.2 Å². The van der Waals surface area contributed by atoms with Gasteiger partial charge in [0.05, 0.1) is 0 Å². The van der Waals surface area contributed by atoms with Crippen molar-refractivity contribution < 1.29 is 4.55 Å². The van der Waals surface area contributed by atoms with E-state index in [1.807, 2.05) is 0 Å². The van der Waals surface area contributed by atoms with Gasteiger partial charge < -0.3 is 4.55 Å². The minimum absolute atomic E-state index is 0.464. The highest BCUT2D eigenvalue weighted by molar-refractivity contribution is 7.91. The number of hydrogen-bond donors (Lipinski definition) is 0. The molecule has 1 saturated heterocycles. The maximum Gasteiger partial charge on any atom is 0.105 e. The summed E-state index contributed by atoms with van der Waals surface area (Å²) in [7, 11) is 0. The molecule has 1 aliphatic rings. The third-order valence-electron chi connectivity index (χ3n) is 2.20. The van der Waals surface area contributed by atoms with Crippen LogP contribution in [0.3, 0.4) is 0 Å². The van der Waals surface area contributed by atoms with E-state index in [4.69, 9.17) is 0 Å². The molecular formula is C8H16OS. The van der Waals surface area contributed by atoms with Gasteiger partial charge in [0, 0.05) is 0 Å². The highest BCUT2D eigenvalue weighted by Crippen LogP contribution is 2.22. The molecule has 0 aromatic carbocycles. The molecule has 1 fully saturated rings. The lowest BCUT2D eigenvalue weighted by molar-refractivity contribution is 0.431. The molecule has 60 valence electrons. The Bertz CT molecular complexity index is 87.3. The molecule has 0 amide bonds. The first-order chi connectivity index (χ1) is 4.83. The molecule has 0 radical (unpaired) electrons. The molecule has 0 atom stereocenters. The molecule has 0 bridgehead atoms. The normalized spacial score (nSPS) is 34.2. The monoisotopic (exact) mass is 160 g/mol. The van der Waals surface area contributed by atoms with Crippen LogP contribution in [0.5, 0.6) is 0 Å². The highest BCUT2D eigenvalue weighted by atomic mass is 32.2. The summed E-state index contributed by atoms with van der Waals surface area (Å²) in [6.07, 6.45) is 5.05. The molecular weight excluding hydrogens is 144 g/mol. The molecule has 1 nitrogen and oxygen atoms in total. The minimum Gasteiger partial charge on any atom is -0.616 e. The lowest BCUT2D eigenvalue weighted by atomic mass is 9.98. The number of rotatable bonds is 2. The zero-order chi connectivity index (χ0) is 7.40. The molecule has 0 N–H and O–H groups in total. The first-order valence-electron chi connectivity index (χ1n) is 4.18. The zero-order valence-electron chi connectivity index (χ0n) is 6.64. The summed E-state index contributed by atoms with van der Waals surface area (Å²) in [6, 6.07) is 0. The van der Waals surface area contributed by atoms with E-state index in [0.29, 0.717) is 0 Å². The van der Waals surface area contributed by atoms with Gasteiger partial charge in [-0.2, -0.15) is 0 Å². The summed E-state index contributed by atoms with van der Waals surface area (Å²) in [6.45, 7) is 2.23. The summed E-state index contributed by atoms with van der Waals surface area (Å²) in [5, 5.41) is 0. The molecule has 0 aromatic rings. The van der Waals surface area contributed by atoms with Crippen molar-refractivity contribution in [3.8, 4) is 0 Å². The van der Waals surface area contributed by atoms with E-state index >= 15 is 0 Å². The van der Waals surface area contributed by atoms with Crippen LogP contribution in [0.15, 0.2) is 0 Å². The Kier molecular flexibility index (Phi) is 3.57. The summed E-state index contributed by atoms with van der Waals surface area (Å²) < 4.78 is 10.9. The van der Waals surface area contributed by atoms with E-state index in [9.17, 15) is 4.55 Å². The lowest BCUT2D eigenvalue weighted by Gasteiger charge is -2.23. The first-order valence-corrected chi connectivity index (χ1v) is 5.66. The van der Waals surface area contributed by atoms with Gasteiger partial charge in [0.1, 0.15) is 11.5 Å². The predicted octanol–water partition coefficient (Wildman–Crippen LogP) is 1.95. The van der Waals surface area contributed by atoms with E-state index in [1.165, 1.54) is 25.7 Å². The quantitative estimate of drug-likeness (QED) is 0.566. The van der Waals surface area contributed by atoms with Gasteiger partial charge >= 0.3 is 0 Å². The summed E-state index contributed by atoms with van der Waals surface area (Å²) >= 11 is -0.464. The van der Waals surface area contributed by atoms with Crippen molar-refractivity contribution >= 4 is 11.2 Å². The number of hydrogen-bond acceptors (Lipinski definition) is 1. The Balaban J connectivity index is 2.13. The molecule has 0 aliphatic carbocycles. The van der Waals surface area contributed by atoms with E-state index in [2.05, 4.69) is 6.92 Å². The van der Waals surface area contributed by atoms with Crippen molar-refractivity contribution in [1.29, 1.82) is 0 Å². The van der Waals surface area contributed by atoms with Gasteiger partial charge in [0.25, 0.3) is 0 Å². The molecule has 1 rings (SSSR count). The largest absolute Gasteiger partial charge is 0.616 e. The second-order valence-corrected chi connectivity index (χ2v) is 4.78. The molecule has 2 heteroatoms. The third kappa shape index (κ3) is 2.51. The summed E-state index contributed by atoms with van der Waals surface area (Å²) in [4.78, 5) is 0. The van der Waals surface area contributed by atoms with Crippen molar-refractivity contribution in [3.05, 3.63) is 0 Å². The van der Waals surface area contributed by atoms with Crippen LogP contribution >= 0.6 is 0 Å². The highest BCUT2D eigenvalue weighted by Gasteiger charge is 2.20. The standard InChI is InChI=1S/C8H16OS/c1-2-3-8-4-6-10(9)7-5-8/h8H,2-7H2,1H3. The van der Waals surface area contributed by atoms with Gasteiger partial charge in [-0.1, -0.05) is 30.9 Å². The average Bonchev–Trinajstić information content (AvgIpc) is 1.95. The second-order valence-electron chi connectivity index (χ2n) is 3.08. The van der Waals surface area contributed by atoms with Gasteiger partial charge in [-0.3, -0.25) is 0 Å². The summed E-state index contributed by atoms with van der Waals surface area (Å²) in [5.74, 6) is 2.82. The van der Waals surface area contributed by atoms with Crippen molar-refractivity contribution in [3.63, 3.8) is 0 Å². The molecule has 0 spiro atoms. The van der Waals surface area contributed by atoms with Gasteiger partial charge in [-0.25, -0.2) is 0 Å². The molecule has 0 aromatic heterocycles. The third-order valence-corrected chi connectivity index (χ3v) is 3.59. The van der Waals surface area contributed by atoms with Crippen LogP contribution < -0.4 is 0 Å². The molecule has 1 heterocycles. The van der Waals surface area contributed by atoms with Crippen molar-refractivity contribution in [2.75, 3.05) is 11.5 Å². The first kappa shape index (κ1) is 8.41. The van der Waals surface area contributed by atoms with E-state index in [-0.39, 0.29) is 0 Å². The fraction of sp³-hybridized carbons (Fsp3) is 1.00. The second kappa shape index (κ2) is 4.24. The zero-order valence-corrected chi connectivity index (χ0v) is 7.45. The van der Waals surface area contributed by atoms with Crippen molar-refractivity contribution in [2.24, 2.45) is 5.92 Å². The molecule has 0 saturated carbocycles. The fourth-order valence-electron chi connectivity index (χ4n) is 1.54. The SMILES string of the molecule is CCCC1CC[S+]([O-])CC1. The van der Waals surface area contributed by atoms with Crippen molar-refractivity contribution in [1.82, 2.24) is 0 Å². The predicted molar refractivity (Wildman–Crippen MR) is 45.5 cm³/mol. The van der Waals surface area contributed by atoms with Crippen LogP contribution in [0.1, 0.15) is 32.6 Å². The Morgan fingerprint density at radius 3 is 2.50 bits per heavy atom. The van der Waals surface area contributed by atoms with Gasteiger partial charge in [-0.15, -0.1) is 0 Å². The molecule has 0 unspecified atom stereocenters. The van der Waals surface area contributed by atoms with Gasteiger partial charge in [-0.05, 0) is 18.8 Å². The van der Waals surface area contributed by atoms with Crippen LogP contribution in [-0.4, -0.2) is 16.1 Å². The van der Waals surface area contributed by atoms with Crippen LogP contribution in [0, 0.1) is 5.92 Å². The van der Waals surface area contributed by atoms with Gasteiger partial charge in [0.15, 0.2) is 0 Å². The van der Waals surface area contributed by atoms with E-state index in [0.717, 1.165) is 17.4 Å². The van der Waals surface area contributed by atoms with Crippen LogP contribution in [0.25, 0.3) is 0 Å². The topological polar surface area (TPSA) is 23.1 Å². The Hall–Kier alpha value is 0.310. The maximum atomic E-state index is 10.9. The average molecular weight is 160 g/mol. The lowest BCUT2D eigenvalue weighted by Crippen LogP contribution is -2.23. The summed E-state index contributed by atoms with van der Waals surface area (Å²) in [5.41, 5.74) is 0. The van der Waals surface area contributed by atoms with E-state index in [1.54, 1.807) is 0 Å². The van der Waals surface area contributed by atoms with Crippen molar-refractivity contribution in [2.45, 2.75) is 32.6 Å². The smallest absolute Gasteiger partial charge is 0.105 e.